The third kappa shape index (κ3) is 4.99. The number of rotatable bonds is 8. The molecule has 0 bridgehead atoms. The highest BCUT2D eigenvalue weighted by Gasteiger charge is 2.19. The van der Waals surface area contributed by atoms with Gasteiger partial charge in [-0.1, -0.05) is 0 Å². The van der Waals surface area contributed by atoms with Gasteiger partial charge in [0.2, 0.25) is 10.0 Å². The molecular formula is C13H23N3O3S. The van der Waals surface area contributed by atoms with Crippen LogP contribution in [0, 0.1) is 0 Å². The maximum absolute atomic E-state index is 12.3. The van der Waals surface area contributed by atoms with E-state index in [0.717, 1.165) is 13.0 Å². The first-order valence-corrected chi connectivity index (χ1v) is 8.02. The maximum Gasteiger partial charge on any atom is 0.244 e. The molecule has 0 aromatic heterocycles. The van der Waals surface area contributed by atoms with Gasteiger partial charge in [0.1, 0.15) is 10.6 Å². The summed E-state index contributed by atoms with van der Waals surface area (Å²) in [6, 6.07) is 4.61. The normalized spacial score (nSPS) is 11.8. The number of hydrogen-bond acceptors (Lipinski definition) is 5. The Hall–Kier alpha value is -1.31. The molecule has 0 heterocycles. The molecule has 0 aliphatic rings. The van der Waals surface area contributed by atoms with Crippen LogP contribution in [-0.2, 0) is 10.0 Å². The number of anilines is 1. The van der Waals surface area contributed by atoms with E-state index < -0.39 is 10.0 Å². The predicted molar refractivity (Wildman–Crippen MR) is 80.4 cm³/mol. The highest BCUT2D eigenvalue weighted by atomic mass is 32.2. The molecule has 0 atom stereocenters. The first-order chi connectivity index (χ1) is 9.36. The summed E-state index contributed by atoms with van der Waals surface area (Å²) in [6.45, 7) is 3.39. The van der Waals surface area contributed by atoms with Crippen molar-refractivity contribution < 1.29 is 13.2 Å². The third-order valence-electron chi connectivity index (χ3n) is 2.63. The van der Waals surface area contributed by atoms with E-state index in [0.29, 0.717) is 24.6 Å². The number of nitrogens with zero attached hydrogens (tertiary/aromatic N) is 1. The molecule has 6 nitrogen and oxygen atoms in total. The average molecular weight is 301 g/mol. The lowest BCUT2D eigenvalue weighted by molar-refractivity contribution is 0.331. The summed E-state index contributed by atoms with van der Waals surface area (Å²) in [7, 11) is 0.281. The van der Waals surface area contributed by atoms with Crippen molar-refractivity contribution in [3.8, 4) is 5.75 Å². The smallest absolute Gasteiger partial charge is 0.244 e. The van der Waals surface area contributed by atoms with E-state index in [1.165, 1.54) is 6.07 Å². The van der Waals surface area contributed by atoms with E-state index in [1.807, 2.05) is 19.0 Å². The SMILES string of the molecule is CCOc1ccc(N)cc1S(=O)(=O)NCCCN(C)C. The summed E-state index contributed by atoms with van der Waals surface area (Å²) in [4.78, 5) is 2.09. The summed E-state index contributed by atoms with van der Waals surface area (Å²) < 4.78 is 32.4. The van der Waals surface area contributed by atoms with Gasteiger partial charge in [0, 0.05) is 12.2 Å². The molecule has 0 saturated carbocycles. The van der Waals surface area contributed by atoms with Crippen LogP contribution in [0.15, 0.2) is 23.1 Å². The Morgan fingerprint density at radius 2 is 2.05 bits per heavy atom. The summed E-state index contributed by atoms with van der Waals surface area (Å²) in [5.41, 5.74) is 6.05. The standard InChI is InChI=1S/C13H23N3O3S/c1-4-19-12-7-6-11(14)10-13(12)20(17,18)15-8-5-9-16(2)3/h6-7,10,15H,4-5,8-9,14H2,1-3H3. The van der Waals surface area contributed by atoms with Gasteiger partial charge in [-0.15, -0.1) is 0 Å². The number of nitrogens with one attached hydrogen (secondary N) is 1. The first-order valence-electron chi connectivity index (χ1n) is 6.53. The molecule has 0 radical (unpaired) electrons. The molecule has 1 aromatic carbocycles. The number of sulfonamides is 1. The molecular weight excluding hydrogens is 278 g/mol. The van der Waals surface area contributed by atoms with Crippen LogP contribution in [0.4, 0.5) is 5.69 Å². The quantitative estimate of drug-likeness (QED) is 0.550. The van der Waals surface area contributed by atoms with Crippen molar-refractivity contribution in [1.82, 2.24) is 9.62 Å². The average Bonchev–Trinajstić information content (AvgIpc) is 2.37. The Kier molecular flexibility index (Phi) is 6.25. The van der Waals surface area contributed by atoms with Gasteiger partial charge in [-0.2, -0.15) is 0 Å². The van der Waals surface area contributed by atoms with Crippen LogP contribution in [-0.4, -0.2) is 47.1 Å². The van der Waals surface area contributed by atoms with Gasteiger partial charge in [0.05, 0.1) is 6.61 Å². The highest BCUT2D eigenvalue weighted by Crippen LogP contribution is 2.26. The molecule has 0 spiro atoms. The van der Waals surface area contributed by atoms with Crippen LogP contribution in [0.5, 0.6) is 5.75 Å². The van der Waals surface area contributed by atoms with Gasteiger partial charge >= 0.3 is 0 Å². The summed E-state index contributed by atoms with van der Waals surface area (Å²) in [5, 5.41) is 0. The fraction of sp³-hybridized carbons (Fsp3) is 0.538. The van der Waals surface area contributed by atoms with Crippen molar-refractivity contribution in [3.05, 3.63) is 18.2 Å². The lowest BCUT2D eigenvalue weighted by atomic mass is 10.3. The van der Waals surface area contributed by atoms with Crippen molar-refractivity contribution in [3.63, 3.8) is 0 Å². The van der Waals surface area contributed by atoms with E-state index in [2.05, 4.69) is 4.72 Å². The largest absolute Gasteiger partial charge is 0.492 e. The summed E-state index contributed by atoms with van der Waals surface area (Å²) in [6.07, 6.45) is 0.735. The Balaban J connectivity index is 2.83. The zero-order valence-corrected chi connectivity index (χ0v) is 13.0. The monoisotopic (exact) mass is 301 g/mol. The maximum atomic E-state index is 12.3. The van der Waals surface area contributed by atoms with Crippen molar-refractivity contribution in [2.24, 2.45) is 0 Å². The van der Waals surface area contributed by atoms with Crippen molar-refractivity contribution >= 4 is 15.7 Å². The van der Waals surface area contributed by atoms with Crippen molar-refractivity contribution in [1.29, 1.82) is 0 Å². The topological polar surface area (TPSA) is 84.7 Å². The molecule has 0 aliphatic heterocycles. The van der Waals surface area contributed by atoms with Gasteiger partial charge in [0.25, 0.3) is 0 Å². The van der Waals surface area contributed by atoms with Crippen LogP contribution < -0.4 is 15.2 Å². The highest BCUT2D eigenvalue weighted by molar-refractivity contribution is 7.89. The van der Waals surface area contributed by atoms with Gasteiger partial charge in [-0.05, 0) is 52.2 Å². The minimum atomic E-state index is -3.61. The Morgan fingerprint density at radius 3 is 2.65 bits per heavy atom. The third-order valence-corrected chi connectivity index (χ3v) is 4.11. The fourth-order valence-electron chi connectivity index (χ4n) is 1.69. The second-order valence-corrected chi connectivity index (χ2v) is 6.43. The number of benzene rings is 1. The molecule has 0 saturated heterocycles. The molecule has 0 fully saturated rings. The Labute approximate surface area is 121 Å². The van der Waals surface area contributed by atoms with Gasteiger partial charge < -0.3 is 15.4 Å². The van der Waals surface area contributed by atoms with Gasteiger partial charge in [-0.25, -0.2) is 13.1 Å². The molecule has 114 valence electrons. The van der Waals surface area contributed by atoms with Crippen LogP contribution in [0.3, 0.4) is 0 Å². The molecule has 1 rings (SSSR count). The summed E-state index contributed by atoms with van der Waals surface area (Å²) in [5.74, 6) is 0.321. The zero-order valence-electron chi connectivity index (χ0n) is 12.2. The van der Waals surface area contributed by atoms with Crippen LogP contribution in [0.1, 0.15) is 13.3 Å². The Morgan fingerprint density at radius 1 is 1.35 bits per heavy atom. The first kappa shape index (κ1) is 16.7. The minimum absolute atomic E-state index is 0.0872. The van der Waals surface area contributed by atoms with E-state index >= 15 is 0 Å². The van der Waals surface area contributed by atoms with Crippen LogP contribution >= 0.6 is 0 Å². The minimum Gasteiger partial charge on any atom is -0.492 e. The molecule has 3 N–H and O–H groups in total. The fourth-order valence-corrected chi connectivity index (χ4v) is 2.94. The van der Waals surface area contributed by atoms with Gasteiger partial charge in [-0.3, -0.25) is 0 Å². The number of hydrogen-bond donors (Lipinski definition) is 2. The second kappa shape index (κ2) is 7.47. The molecule has 20 heavy (non-hydrogen) atoms. The molecule has 1 aromatic rings. The lowest BCUT2D eigenvalue weighted by Crippen LogP contribution is -2.27. The van der Waals surface area contributed by atoms with E-state index in [9.17, 15) is 8.42 Å². The van der Waals surface area contributed by atoms with Gasteiger partial charge in [0.15, 0.2) is 0 Å². The molecule has 0 unspecified atom stereocenters. The number of nitrogen functional groups attached to an aromatic ring is 1. The Bertz CT molecular complexity index is 530. The summed E-state index contributed by atoms with van der Waals surface area (Å²) >= 11 is 0. The number of nitrogens with two attached hydrogens (primary N) is 1. The van der Waals surface area contributed by atoms with Crippen LogP contribution in [0.25, 0.3) is 0 Å². The second-order valence-electron chi connectivity index (χ2n) is 4.69. The van der Waals surface area contributed by atoms with E-state index in [4.69, 9.17) is 10.5 Å². The molecule has 7 heteroatoms. The van der Waals surface area contributed by atoms with Crippen LogP contribution in [0.2, 0.25) is 0 Å². The predicted octanol–water partition coefficient (Wildman–Crippen LogP) is 0.898. The molecule has 0 aliphatic carbocycles. The van der Waals surface area contributed by atoms with E-state index in [1.54, 1.807) is 19.1 Å². The van der Waals surface area contributed by atoms with Crippen molar-refractivity contribution in [2.45, 2.75) is 18.2 Å². The lowest BCUT2D eigenvalue weighted by Gasteiger charge is -2.13. The van der Waals surface area contributed by atoms with Crippen molar-refractivity contribution in [2.75, 3.05) is 39.5 Å². The molecule has 0 amide bonds. The van der Waals surface area contributed by atoms with E-state index in [-0.39, 0.29) is 4.90 Å². The number of ether oxygens (including phenoxy) is 1. The zero-order chi connectivity index (χ0) is 15.2.